The van der Waals surface area contributed by atoms with E-state index in [0.717, 1.165) is 17.8 Å². The lowest BCUT2D eigenvalue weighted by atomic mass is 10.3. The number of fused-ring (bicyclic) bond motifs is 1. The zero-order valence-corrected chi connectivity index (χ0v) is 13.2. The minimum absolute atomic E-state index is 0.227. The molecule has 1 aliphatic rings. The number of thiophene rings is 1. The van der Waals surface area contributed by atoms with E-state index in [2.05, 4.69) is 4.72 Å². The van der Waals surface area contributed by atoms with Crippen LogP contribution in [0.5, 0.6) is 11.5 Å². The molecular formula is C13H12ClNO4S2. The Morgan fingerprint density at radius 3 is 2.57 bits per heavy atom. The first-order valence-electron chi connectivity index (χ1n) is 6.22. The summed E-state index contributed by atoms with van der Waals surface area (Å²) in [5.74, 6) is 1.01. The van der Waals surface area contributed by atoms with Crippen molar-refractivity contribution in [1.82, 2.24) is 0 Å². The van der Waals surface area contributed by atoms with Crippen molar-refractivity contribution in [1.29, 1.82) is 0 Å². The van der Waals surface area contributed by atoms with Gasteiger partial charge in [0.15, 0.2) is 11.5 Å². The molecule has 0 fully saturated rings. The normalized spacial score (nSPS) is 14.5. The van der Waals surface area contributed by atoms with Crippen molar-refractivity contribution in [3.05, 3.63) is 34.7 Å². The molecular weight excluding hydrogens is 334 g/mol. The van der Waals surface area contributed by atoms with Gasteiger partial charge < -0.3 is 9.47 Å². The average molecular weight is 346 g/mol. The smallest absolute Gasteiger partial charge is 0.271 e. The molecule has 2 heterocycles. The molecule has 112 valence electrons. The van der Waals surface area contributed by atoms with Crippen LogP contribution in [0.25, 0.3) is 0 Å². The van der Waals surface area contributed by atoms with E-state index in [1.807, 2.05) is 0 Å². The minimum Gasteiger partial charge on any atom is -0.490 e. The van der Waals surface area contributed by atoms with Crippen molar-refractivity contribution < 1.29 is 17.9 Å². The molecule has 3 rings (SSSR count). The Bertz CT molecular complexity index is 744. The molecule has 0 unspecified atom stereocenters. The van der Waals surface area contributed by atoms with E-state index in [1.165, 1.54) is 6.07 Å². The zero-order chi connectivity index (χ0) is 14.9. The van der Waals surface area contributed by atoms with E-state index in [0.29, 0.717) is 24.7 Å². The Balaban J connectivity index is 1.94. The fourth-order valence-electron chi connectivity index (χ4n) is 1.87. The van der Waals surface area contributed by atoms with Gasteiger partial charge in [0.05, 0.1) is 23.9 Å². The van der Waals surface area contributed by atoms with Crippen LogP contribution in [0, 0.1) is 0 Å². The monoisotopic (exact) mass is 345 g/mol. The molecule has 8 heteroatoms. The number of anilines is 1. The number of hydrogen-bond donors (Lipinski definition) is 1. The predicted molar refractivity (Wildman–Crippen MR) is 82.2 cm³/mol. The van der Waals surface area contributed by atoms with Crippen molar-refractivity contribution in [2.75, 3.05) is 17.9 Å². The molecule has 0 amide bonds. The van der Waals surface area contributed by atoms with Crippen LogP contribution < -0.4 is 14.2 Å². The summed E-state index contributed by atoms with van der Waals surface area (Å²) in [6, 6.07) is 6.32. The molecule has 0 radical (unpaired) electrons. The Labute approximate surface area is 131 Å². The largest absolute Gasteiger partial charge is 0.490 e. The van der Waals surface area contributed by atoms with Crippen LogP contribution in [0.2, 0.25) is 5.02 Å². The second kappa shape index (κ2) is 5.75. The maximum Gasteiger partial charge on any atom is 0.271 e. The fourth-order valence-corrected chi connectivity index (χ4v) is 4.19. The molecule has 21 heavy (non-hydrogen) atoms. The third-order valence-corrected chi connectivity index (χ3v) is 5.92. The van der Waals surface area contributed by atoms with Crippen LogP contribution in [0.3, 0.4) is 0 Å². The number of hydrogen-bond acceptors (Lipinski definition) is 5. The highest BCUT2D eigenvalue weighted by atomic mass is 35.5. The number of sulfonamides is 1. The van der Waals surface area contributed by atoms with Crippen LogP contribution in [0.15, 0.2) is 33.9 Å². The quantitative estimate of drug-likeness (QED) is 0.926. The van der Waals surface area contributed by atoms with Gasteiger partial charge in [-0.2, -0.15) is 0 Å². The first-order chi connectivity index (χ1) is 10.1. The molecule has 0 bridgehead atoms. The molecule has 0 aliphatic carbocycles. The van der Waals surface area contributed by atoms with Gasteiger partial charge in [0.25, 0.3) is 10.0 Å². The highest BCUT2D eigenvalue weighted by molar-refractivity contribution is 7.94. The van der Waals surface area contributed by atoms with Crippen molar-refractivity contribution in [2.24, 2.45) is 0 Å². The molecule has 1 aromatic carbocycles. The fraction of sp³-hybridized carbons (Fsp3) is 0.231. The third kappa shape index (κ3) is 3.09. The maximum atomic E-state index is 12.2. The van der Waals surface area contributed by atoms with E-state index in [-0.39, 0.29) is 14.9 Å². The van der Waals surface area contributed by atoms with Gasteiger partial charge in [0.1, 0.15) is 4.21 Å². The van der Waals surface area contributed by atoms with Gasteiger partial charge in [0, 0.05) is 18.6 Å². The zero-order valence-electron chi connectivity index (χ0n) is 10.8. The highest BCUT2D eigenvalue weighted by Gasteiger charge is 2.20. The molecule has 5 nitrogen and oxygen atoms in total. The van der Waals surface area contributed by atoms with Crippen LogP contribution in [0.4, 0.5) is 5.69 Å². The first-order valence-corrected chi connectivity index (χ1v) is 8.96. The second-order valence-electron chi connectivity index (χ2n) is 4.37. The van der Waals surface area contributed by atoms with Gasteiger partial charge in [-0.05, 0) is 11.4 Å². The van der Waals surface area contributed by atoms with Gasteiger partial charge in [0.2, 0.25) is 0 Å². The number of ether oxygens (including phenoxy) is 2. The summed E-state index contributed by atoms with van der Waals surface area (Å²) < 4.78 is 38.2. The Morgan fingerprint density at radius 2 is 1.90 bits per heavy atom. The first kappa shape index (κ1) is 14.5. The number of nitrogens with one attached hydrogen (secondary N) is 1. The Kier molecular flexibility index (Phi) is 3.97. The summed E-state index contributed by atoms with van der Waals surface area (Å²) in [6.07, 6.45) is 0.766. The Morgan fingerprint density at radius 1 is 1.19 bits per heavy atom. The summed E-state index contributed by atoms with van der Waals surface area (Å²) in [5, 5.41) is 1.96. The third-order valence-electron chi connectivity index (χ3n) is 2.84. The summed E-state index contributed by atoms with van der Waals surface area (Å²) in [7, 11) is -3.64. The second-order valence-corrected chi connectivity index (χ2v) is 7.63. The van der Waals surface area contributed by atoms with Gasteiger partial charge in [-0.15, -0.1) is 11.3 Å². The van der Waals surface area contributed by atoms with E-state index in [1.54, 1.807) is 23.6 Å². The maximum absolute atomic E-state index is 12.2. The molecule has 2 aromatic rings. The summed E-state index contributed by atoms with van der Waals surface area (Å²) in [6.45, 7) is 1.06. The lowest BCUT2D eigenvalue weighted by molar-refractivity contribution is 0.297. The van der Waals surface area contributed by atoms with Crippen LogP contribution >= 0.6 is 22.9 Å². The number of rotatable bonds is 3. The molecule has 1 aromatic heterocycles. The standard InChI is InChI=1S/C13H12ClNO4S2/c14-9-7-11-12(19-5-2-4-18-11)8-10(9)15-21(16,17)13-3-1-6-20-13/h1,3,6-8,15H,2,4-5H2. The number of halogens is 1. The molecule has 0 spiro atoms. The lowest BCUT2D eigenvalue weighted by Crippen LogP contribution is -2.12. The lowest BCUT2D eigenvalue weighted by Gasteiger charge is -2.12. The Hall–Kier alpha value is -1.44. The van der Waals surface area contributed by atoms with Gasteiger partial charge in [-0.1, -0.05) is 17.7 Å². The van der Waals surface area contributed by atoms with Crippen molar-refractivity contribution in [3.63, 3.8) is 0 Å². The van der Waals surface area contributed by atoms with Gasteiger partial charge >= 0.3 is 0 Å². The number of benzene rings is 1. The molecule has 1 N–H and O–H groups in total. The van der Waals surface area contributed by atoms with Gasteiger partial charge in [-0.25, -0.2) is 8.42 Å². The molecule has 1 aliphatic heterocycles. The SMILES string of the molecule is O=S(=O)(Nc1cc2c(cc1Cl)OCCCO2)c1cccs1. The minimum atomic E-state index is -3.64. The van der Waals surface area contributed by atoms with E-state index < -0.39 is 10.0 Å². The van der Waals surface area contributed by atoms with Crippen LogP contribution in [0.1, 0.15) is 6.42 Å². The van der Waals surface area contributed by atoms with Crippen LogP contribution in [-0.2, 0) is 10.0 Å². The predicted octanol–water partition coefficient (Wildman–Crippen LogP) is 3.36. The molecule has 0 saturated carbocycles. The van der Waals surface area contributed by atoms with Crippen molar-refractivity contribution >= 4 is 38.6 Å². The van der Waals surface area contributed by atoms with Crippen LogP contribution in [-0.4, -0.2) is 21.6 Å². The van der Waals surface area contributed by atoms with E-state index in [9.17, 15) is 8.42 Å². The molecule has 0 saturated heterocycles. The topological polar surface area (TPSA) is 64.6 Å². The molecule has 0 atom stereocenters. The highest BCUT2D eigenvalue weighted by Crippen LogP contribution is 2.38. The summed E-state index contributed by atoms with van der Waals surface area (Å²) in [5.41, 5.74) is 0.273. The van der Waals surface area contributed by atoms with E-state index in [4.69, 9.17) is 21.1 Å². The van der Waals surface area contributed by atoms with Crippen molar-refractivity contribution in [3.8, 4) is 11.5 Å². The van der Waals surface area contributed by atoms with Crippen molar-refractivity contribution in [2.45, 2.75) is 10.6 Å². The summed E-state index contributed by atoms with van der Waals surface area (Å²) in [4.78, 5) is 0. The van der Waals surface area contributed by atoms with E-state index >= 15 is 0 Å². The average Bonchev–Trinajstić information content (AvgIpc) is 2.89. The summed E-state index contributed by atoms with van der Waals surface area (Å²) >= 11 is 7.26. The van der Waals surface area contributed by atoms with Gasteiger partial charge in [-0.3, -0.25) is 4.72 Å².